The molecule has 0 radical (unpaired) electrons. The van der Waals surface area contributed by atoms with E-state index in [1.807, 2.05) is 13.8 Å². The van der Waals surface area contributed by atoms with Crippen LogP contribution in [-0.2, 0) is 12.6 Å². The summed E-state index contributed by atoms with van der Waals surface area (Å²) in [6.07, 6.45) is 1.78. The van der Waals surface area contributed by atoms with Crippen molar-refractivity contribution in [2.45, 2.75) is 33.6 Å². The highest BCUT2D eigenvalue weighted by atomic mass is 32.1. The van der Waals surface area contributed by atoms with Crippen molar-refractivity contribution in [3.63, 3.8) is 0 Å². The van der Waals surface area contributed by atoms with Crippen LogP contribution in [0.15, 0.2) is 16.9 Å². The van der Waals surface area contributed by atoms with Crippen LogP contribution in [0, 0.1) is 5.41 Å². The molecule has 0 atom stereocenters. The average molecular weight is 168 g/mol. The first-order valence-electron chi connectivity index (χ1n) is 3.83. The summed E-state index contributed by atoms with van der Waals surface area (Å²) in [6, 6.07) is 0. The molecule has 0 saturated carbocycles. The molecule has 2 heteroatoms. The lowest BCUT2D eigenvalue weighted by Crippen LogP contribution is -1.93. The number of hydrogen-bond acceptors (Lipinski definition) is 2. The molecule has 0 bridgehead atoms. The summed E-state index contributed by atoms with van der Waals surface area (Å²) in [5.74, 6) is 0. The van der Waals surface area contributed by atoms with Crippen LogP contribution in [-0.4, -0.2) is 5.04 Å². The van der Waals surface area contributed by atoms with Crippen molar-refractivity contribution in [1.82, 2.24) is 0 Å². The lowest BCUT2D eigenvalue weighted by molar-refractivity contribution is 1.09. The van der Waals surface area contributed by atoms with E-state index in [-0.39, 0.29) is 5.04 Å². The molecule has 0 aromatic rings. The summed E-state index contributed by atoms with van der Waals surface area (Å²) < 4.78 is 0. The molecule has 0 aliphatic heterocycles. The third kappa shape index (κ3) is 3.97. The molecule has 62 valence electrons. The first kappa shape index (κ1) is 10.4. The van der Waals surface area contributed by atoms with E-state index < -0.39 is 0 Å². The van der Waals surface area contributed by atoms with Crippen molar-refractivity contribution in [1.29, 1.82) is 5.41 Å². The van der Waals surface area contributed by atoms with Gasteiger partial charge in [0.05, 0.1) is 0 Å². The first-order chi connectivity index (χ1) is 5.11. The molecule has 0 aromatic heterocycles. The second-order valence-electron chi connectivity index (χ2n) is 2.42. The van der Waals surface area contributed by atoms with Crippen molar-refractivity contribution >= 4 is 17.7 Å². The second kappa shape index (κ2) is 5.11. The van der Waals surface area contributed by atoms with Crippen molar-refractivity contribution in [2.75, 3.05) is 0 Å². The molecule has 0 saturated heterocycles. The fourth-order valence-corrected chi connectivity index (χ4v) is 0.847. The highest BCUT2D eigenvalue weighted by Crippen LogP contribution is 2.03. The standard InChI is InChI=1S/C9H15NS/c1-4-7(3)6-8(5-2)9(10)11/h4-5H2,1-3H3,(H2,10,11)/p-1. The van der Waals surface area contributed by atoms with Crippen LogP contribution in [0.25, 0.3) is 0 Å². The van der Waals surface area contributed by atoms with Gasteiger partial charge in [0.1, 0.15) is 0 Å². The van der Waals surface area contributed by atoms with Crippen molar-refractivity contribution in [3.05, 3.63) is 16.9 Å². The molecular weight excluding hydrogens is 154 g/mol. The van der Waals surface area contributed by atoms with Crippen LogP contribution >= 0.6 is 0 Å². The van der Waals surface area contributed by atoms with Crippen molar-refractivity contribution < 1.29 is 0 Å². The third-order valence-electron chi connectivity index (χ3n) is 1.52. The van der Waals surface area contributed by atoms with Gasteiger partial charge < -0.3 is 18.0 Å². The SMILES string of the molecule is CCC(C)=C=C(CC)C(=N)[S-]. The molecule has 0 rings (SSSR count). The van der Waals surface area contributed by atoms with Gasteiger partial charge in [0, 0.05) is 0 Å². The Morgan fingerprint density at radius 3 is 2.18 bits per heavy atom. The molecule has 0 amide bonds. The minimum atomic E-state index is 0.223. The molecule has 0 fully saturated rings. The van der Waals surface area contributed by atoms with Crippen molar-refractivity contribution in [2.24, 2.45) is 0 Å². The highest BCUT2D eigenvalue weighted by Gasteiger charge is 1.88. The van der Waals surface area contributed by atoms with Gasteiger partial charge in [-0.2, -0.15) is 0 Å². The zero-order valence-electron chi connectivity index (χ0n) is 7.32. The Hall–Kier alpha value is -0.590. The molecule has 1 N–H and O–H groups in total. The van der Waals surface area contributed by atoms with Crippen LogP contribution < -0.4 is 0 Å². The summed E-state index contributed by atoms with van der Waals surface area (Å²) in [7, 11) is 0. The Bertz CT molecular complexity index is 210. The summed E-state index contributed by atoms with van der Waals surface area (Å²) >= 11 is 4.74. The quantitative estimate of drug-likeness (QED) is 0.298. The normalized spacial score (nSPS) is 8.64. The Kier molecular flexibility index (Phi) is 4.84. The van der Waals surface area contributed by atoms with E-state index in [2.05, 4.69) is 12.7 Å². The lowest BCUT2D eigenvalue weighted by atomic mass is 10.2. The largest absolute Gasteiger partial charge is 0.760 e. The smallest absolute Gasteiger partial charge is 0.00824 e. The van der Waals surface area contributed by atoms with Gasteiger partial charge in [0.2, 0.25) is 0 Å². The minimum Gasteiger partial charge on any atom is -0.760 e. The zero-order chi connectivity index (χ0) is 8.85. The summed E-state index contributed by atoms with van der Waals surface area (Å²) in [4.78, 5) is 0. The predicted octanol–water partition coefficient (Wildman–Crippen LogP) is 2.80. The molecule has 11 heavy (non-hydrogen) atoms. The molecule has 0 spiro atoms. The van der Waals surface area contributed by atoms with Crippen LogP contribution in [0.2, 0.25) is 0 Å². The maximum Gasteiger partial charge on any atom is -0.00824 e. The Morgan fingerprint density at radius 1 is 1.36 bits per heavy atom. The summed E-state index contributed by atoms with van der Waals surface area (Å²) in [5, 5.41) is 7.44. The molecule has 0 aliphatic rings. The molecule has 0 aromatic carbocycles. The molecule has 0 aliphatic carbocycles. The summed E-state index contributed by atoms with van der Waals surface area (Å²) in [5.41, 5.74) is 5.13. The summed E-state index contributed by atoms with van der Waals surface area (Å²) in [6.45, 7) is 6.07. The molecule has 0 unspecified atom stereocenters. The van der Waals surface area contributed by atoms with Gasteiger partial charge in [0.25, 0.3) is 0 Å². The van der Waals surface area contributed by atoms with E-state index >= 15 is 0 Å². The number of rotatable bonds is 3. The monoisotopic (exact) mass is 168 g/mol. The lowest BCUT2D eigenvalue weighted by Gasteiger charge is -2.07. The van der Waals surface area contributed by atoms with Gasteiger partial charge in [-0.05, 0) is 30.9 Å². The van der Waals surface area contributed by atoms with E-state index in [1.165, 1.54) is 0 Å². The van der Waals surface area contributed by atoms with Crippen molar-refractivity contribution in [3.8, 4) is 0 Å². The minimum absolute atomic E-state index is 0.223. The molecule has 0 heterocycles. The fourth-order valence-electron chi connectivity index (χ4n) is 0.652. The fraction of sp³-hybridized carbons (Fsp3) is 0.556. The van der Waals surface area contributed by atoms with E-state index in [9.17, 15) is 0 Å². The topological polar surface area (TPSA) is 23.9 Å². The maximum absolute atomic E-state index is 7.22. The number of nitrogens with one attached hydrogen (secondary N) is 1. The number of hydrogen-bond donors (Lipinski definition) is 1. The third-order valence-corrected chi connectivity index (χ3v) is 1.77. The van der Waals surface area contributed by atoms with E-state index in [0.717, 1.165) is 24.0 Å². The predicted molar refractivity (Wildman–Crippen MR) is 51.9 cm³/mol. The van der Waals surface area contributed by atoms with Crippen LogP contribution in [0.1, 0.15) is 33.6 Å². The second-order valence-corrected chi connectivity index (χ2v) is 2.83. The van der Waals surface area contributed by atoms with Gasteiger partial charge in [-0.15, -0.1) is 5.73 Å². The van der Waals surface area contributed by atoms with Gasteiger partial charge >= 0.3 is 0 Å². The Balaban J connectivity index is 4.73. The van der Waals surface area contributed by atoms with Gasteiger partial charge in [-0.1, -0.05) is 18.9 Å². The molecular formula is C9H14NS-. The van der Waals surface area contributed by atoms with Crippen LogP contribution in [0.4, 0.5) is 0 Å². The van der Waals surface area contributed by atoms with E-state index in [4.69, 9.17) is 18.0 Å². The Morgan fingerprint density at radius 2 is 1.91 bits per heavy atom. The van der Waals surface area contributed by atoms with E-state index in [0.29, 0.717) is 0 Å². The van der Waals surface area contributed by atoms with Gasteiger partial charge in [-0.25, -0.2) is 0 Å². The maximum atomic E-state index is 7.22. The highest BCUT2D eigenvalue weighted by molar-refractivity contribution is 7.78. The van der Waals surface area contributed by atoms with Gasteiger partial charge in [-0.3, -0.25) is 0 Å². The Labute approximate surface area is 74.1 Å². The molecule has 1 nitrogen and oxygen atoms in total. The van der Waals surface area contributed by atoms with Crippen LogP contribution in [0.3, 0.4) is 0 Å². The zero-order valence-corrected chi connectivity index (χ0v) is 8.14. The van der Waals surface area contributed by atoms with Crippen LogP contribution in [0.5, 0.6) is 0 Å². The first-order valence-corrected chi connectivity index (χ1v) is 4.23. The van der Waals surface area contributed by atoms with Gasteiger partial charge in [0.15, 0.2) is 0 Å². The van der Waals surface area contributed by atoms with E-state index in [1.54, 1.807) is 0 Å². The average Bonchev–Trinajstić information content (AvgIpc) is 1.99.